The van der Waals surface area contributed by atoms with Crippen LogP contribution in [0.4, 0.5) is 23.3 Å². The Labute approximate surface area is 325 Å². The van der Waals surface area contributed by atoms with E-state index >= 15 is 0 Å². The molecule has 0 fully saturated rings. The number of carbonyl (C=O) groups is 3. The first-order valence-electron chi connectivity index (χ1n) is 18.6. The van der Waals surface area contributed by atoms with Gasteiger partial charge in [-0.2, -0.15) is 15.0 Å². The number of Topliss-reactive ketones (excluding diaryl/α,β-unsaturated/α-hetero) is 2. The van der Waals surface area contributed by atoms with Gasteiger partial charge >= 0.3 is 6.01 Å². The van der Waals surface area contributed by atoms with Crippen LogP contribution in [-0.4, -0.2) is 57.0 Å². The van der Waals surface area contributed by atoms with Gasteiger partial charge in [-0.1, -0.05) is 77.9 Å². The monoisotopic (exact) mass is 743 g/mol. The van der Waals surface area contributed by atoms with E-state index in [2.05, 4.69) is 30.9 Å². The van der Waals surface area contributed by atoms with E-state index in [1.807, 2.05) is 114 Å². The number of aryl methyl sites for hydroxylation is 4. The van der Waals surface area contributed by atoms with Gasteiger partial charge in [0.1, 0.15) is 5.75 Å². The number of likely N-dealkylation sites (N-methyl/N-ethyl adjacent to an activating group) is 1. The third kappa shape index (κ3) is 6.51. The number of ether oxygens (including phenoxy) is 1. The number of benzene rings is 4. The molecule has 8 rings (SSSR count). The van der Waals surface area contributed by atoms with Gasteiger partial charge in [0.05, 0.1) is 11.6 Å². The van der Waals surface area contributed by atoms with Crippen molar-refractivity contribution in [2.24, 2.45) is 5.92 Å². The van der Waals surface area contributed by atoms with Crippen LogP contribution in [0.25, 0.3) is 5.57 Å². The highest BCUT2D eigenvalue weighted by Crippen LogP contribution is 2.50. The first-order valence-corrected chi connectivity index (χ1v) is 18.6. The maximum Gasteiger partial charge on any atom is 0.328 e. The lowest BCUT2D eigenvalue weighted by atomic mass is 9.65. The summed E-state index contributed by atoms with van der Waals surface area (Å²) in [6.45, 7) is 10.5. The van der Waals surface area contributed by atoms with Gasteiger partial charge in [0.15, 0.2) is 11.6 Å². The summed E-state index contributed by atoms with van der Waals surface area (Å²) in [4.78, 5) is 58.2. The molecule has 1 amide bonds. The van der Waals surface area contributed by atoms with Gasteiger partial charge in [0.25, 0.3) is 5.91 Å². The predicted octanol–water partition coefficient (Wildman–Crippen LogP) is 8.30. The van der Waals surface area contributed by atoms with Crippen LogP contribution >= 0.6 is 0 Å². The first kappa shape index (κ1) is 36.1. The minimum Gasteiger partial charge on any atom is -0.424 e. The second-order valence-electron chi connectivity index (χ2n) is 14.4. The number of amides is 1. The van der Waals surface area contributed by atoms with Crippen molar-refractivity contribution >= 4 is 46.3 Å². The molecule has 0 spiro atoms. The van der Waals surface area contributed by atoms with Gasteiger partial charge < -0.3 is 25.6 Å². The molecule has 3 aliphatic rings. The van der Waals surface area contributed by atoms with E-state index in [-0.39, 0.29) is 35.0 Å². The number of fused-ring (bicyclic) bond motifs is 2. The summed E-state index contributed by atoms with van der Waals surface area (Å²) in [6.07, 6.45) is 3.81. The number of carbonyl (C=O) groups excluding carboxylic acids is 3. The summed E-state index contributed by atoms with van der Waals surface area (Å²) in [7, 11) is 1.70. The van der Waals surface area contributed by atoms with Crippen LogP contribution in [-0.2, 0) is 4.79 Å². The zero-order chi connectivity index (χ0) is 39.2. The fourth-order valence-corrected chi connectivity index (χ4v) is 7.66. The van der Waals surface area contributed by atoms with E-state index in [0.29, 0.717) is 51.8 Å². The Morgan fingerprint density at radius 3 is 2.21 bits per heavy atom. The van der Waals surface area contributed by atoms with Crippen molar-refractivity contribution in [3.63, 3.8) is 0 Å². The Morgan fingerprint density at radius 2 is 1.48 bits per heavy atom. The molecule has 0 bridgehead atoms. The van der Waals surface area contributed by atoms with E-state index in [1.54, 1.807) is 30.1 Å². The average molecular weight is 744 g/mol. The summed E-state index contributed by atoms with van der Waals surface area (Å²) in [5, 5.41) is 10.1. The SMILES string of the molecule is CCNc1nc(Nc2cc(NC3=C4C(=O)c5ccccc5C5=C(C(=O)c6cccc(C)c6)C(=O)N(C)C(C=C3)C45)c(C)cc2C)nc(Oc2ccc(C)cc2)n1. The summed E-state index contributed by atoms with van der Waals surface area (Å²) < 4.78 is 6.01. The maximum atomic E-state index is 14.6. The summed E-state index contributed by atoms with van der Waals surface area (Å²) in [5.74, 6) is -0.204. The third-order valence-corrected chi connectivity index (χ3v) is 10.4. The molecular weight excluding hydrogens is 703 g/mol. The highest BCUT2D eigenvalue weighted by atomic mass is 16.5. The predicted molar refractivity (Wildman–Crippen MR) is 217 cm³/mol. The number of nitrogens with zero attached hydrogens (tertiary/aromatic N) is 4. The summed E-state index contributed by atoms with van der Waals surface area (Å²) in [5.41, 5.74) is 8.62. The minimum absolute atomic E-state index is 0.0875. The highest BCUT2D eigenvalue weighted by molar-refractivity contribution is 6.33. The number of allylic oxidation sites excluding steroid dienone is 1. The van der Waals surface area contributed by atoms with Crippen LogP contribution in [0.5, 0.6) is 11.8 Å². The molecule has 2 heterocycles. The molecule has 1 aromatic heterocycles. The molecule has 2 aliphatic carbocycles. The van der Waals surface area contributed by atoms with Gasteiger partial charge in [-0.15, -0.1) is 0 Å². The van der Waals surface area contributed by atoms with Gasteiger partial charge in [-0.05, 0) is 87.2 Å². The van der Waals surface area contributed by atoms with E-state index < -0.39 is 12.0 Å². The highest BCUT2D eigenvalue weighted by Gasteiger charge is 2.50. The fourth-order valence-electron chi connectivity index (χ4n) is 7.66. The van der Waals surface area contributed by atoms with Crippen molar-refractivity contribution < 1.29 is 19.1 Å². The van der Waals surface area contributed by atoms with E-state index in [1.165, 1.54) is 0 Å². The lowest BCUT2D eigenvalue weighted by molar-refractivity contribution is -0.127. The Hall–Kier alpha value is -6.88. The number of rotatable bonds is 10. The number of hydrogen-bond acceptors (Lipinski definition) is 10. The first-order chi connectivity index (χ1) is 27.0. The number of anilines is 4. The fraction of sp³-hybridized carbons (Fsp3) is 0.200. The smallest absolute Gasteiger partial charge is 0.328 e. The Morgan fingerprint density at radius 1 is 0.768 bits per heavy atom. The Kier molecular flexibility index (Phi) is 9.29. The van der Waals surface area contributed by atoms with Crippen LogP contribution < -0.4 is 20.7 Å². The zero-order valence-electron chi connectivity index (χ0n) is 32.0. The molecule has 2 unspecified atom stereocenters. The molecular formula is C45H41N7O4. The van der Waals surface area contributed by atoms with Crippen molar-refractivity contribution in [3.05, 3.63) is 153 Å². The van der Waals surface area contributed by atoms with Crippen molar-refractivity contribution in [1.29, 1.82) is 0 Å². The number of aromatic nitrogens is 3. The molecule has 0 radical (unpaired) electrons. The molecule has 11 nitrogen and oxygen atoms in total. The van der Waals surface area contributed by atoms with Crippen molar-refractivity contribution in [2.75, 3.05) is 29.5 Å². The average Bonchev–Trinajstić information content (AvgIpc) is 3.18. The number of nitrogens with one attached hydrogen (secondary N) is 3. The quantitative estimate of drug-likeness (QED) is 0.0946. The Bertz CT molecular complexity index is 2550. The van der Waals surface area contributed by atoms with Gasteiger partial charge in [0.2, 0.25) is 11.9 Å². The molecule has 3 N–H and O–H groups in total. The number of hydrogen-bond donors (Lipinski definition) is 3. The largest absolute Gasteiger partial charge is 0.424 e. The summed E-state index contributed by atoms with van der Waals surface area (Å²) in [6, 6.07) is 25.8. The normalized spacial score (nSPS) is 17.1. The summed E-state index contributed by atoms with van der Waals surface area (Å²) >= 11 is 0. The van der Waals surface area contributed by atoms with Gasteiger partial charge in [-0.3, -0.25) is 14.4 Å². The minimum atomic E-state index is -0.568. The lowest BCUT2D eigenvalue weighted by Gasteiger charge is -2.45. The molecule has 0 saturated heterocycles. The van der Waals surface area contributed by atoms with Gasteiger partial charge in [0, 0.05) is 53.3 Å². The van der Waals surface area contributed by atoms with Crippen LogP contribution in [0.2, 0.25) is 0 Å². The van der Waals surface area contributed by atoms with Crippen molar-refractivity contribution in [2.45, 2.75) is 40.7 Å². The second kappa shape index (κ2) is 14.4. The van der Waals surface area contributed by atoms with Crippen LogP contribution in [0.1, 0.15) is 55.5 Å². The zero-order valence-corrected chi connectivity index (χ0v) is 32.0. The van der Waals surface area contributed by atoms with Crippen molar-refractivity contribution in [3.8, 4) is 11.8 Å². The topological polar surface area (TPSA) is 138 Å². The number of ketones is 2. The van der Waals surface area contributed by atoms with Crippen molar-refractivity contribution in [1.82, 2.24) is 19.9 Å². The lowest BCUT2D eigenvalue weighted by Crippen LogP contribution is -2.51. The van der Waals surface area contributed by atoms with Crippen LogP contribution in [0, 0.1) is 33.6 Å². The second-order valence-corrected chi connectivity index (χ2v) is 14.4. The van der Waals surface area contributed by atoms with E-state index in [4.69, 9.17) is 4.74 Å². The molecule has 0 saturated carbocycles. The molecule has 4 aromatic carbocycles. The van der Waals surface area contributed by atoms with E-state index in [9.17, 15) is 14.4 Å². The van der Waals surface area contributed by atoms with Gasteiger partial charge in [-0.25, -0.2) is 0 Å². The molecule has 2 atom stereocenters. The Balaban J connectivity index is 1.20. The molecule has 280 valence electrons. The molecule has 1 aliphatic heterocycles. The maximum absolute atomic E-state index is 14.6. The standard InChI is InChI=1S/C45H41N7O4/c1-7-46-43-49-44(51-45(50-43)56-29-17-15-24(2)16-18-29)48-34-23-33(26(4)22-27(34)5)47-32-19-20-35-38-36(30-13-8-9-14-31(30)41(54)37(32)38)39(42(55)52(35)6)40(53)28-12-10-11-25(3)21-28/h8-23,35,38,47H,7H2,1-6H3,(H2,46,48,49,50,51). The molecule has 56 heavy (non-hydrogen) atoms. The van der Waals surface area contributed by atoms with Crippen LogP contribution in [0.15, 0.2) is 114 Å². The molecule has 11 heteroatoms. The third-order valence-electron chi connectivity index (χ3n) is 10.4. The van der Waals surface area contributed by atoms with E-state index in [0.717, 1.165) is 33.6 Å². The molecule has 5 aromatic rings. The van der Waals surface area contributed by atoms with Crippen LogP contribution in [0.3, 0.4) is 0 Å².